The van der Waals surface area contributed by atoms with Gasteiger partial charge in [0.15, 0.2) is 0 Å². The molecular weight excluding hydrogens is 296 g/mol. The standard InChI is InChI=1S/C20H26N4/c1-24-22-18(19(23-24)17-5-3-2-4-6-17)13-21-20-10-14-7-15(11-20)9-16(8-14)12-20/h2-6,14-16,21H,7-13H2,1H3. The molecule has 0 saturated heterocycles. The highest BCUT2D eigenvalue weighted by Gasteiger charge is 2.50. The summed E-state index contributed by atoms with van der Waals surface area (Å²) in [5.74, 6) is 2.91. The summed E-state index contributed by atoms with van der Waals surface area (Å²) in [5.41, 5.74) is 3.64. The Morgan fingerprint density at radius 2 is 1.62 bits per heavy atom. The lowest BCUT2D eigenvalue weighted by molar-refractivity contribution is -0.0207. The Bertz CT molecular complexity index is 698. The molecule has 6 rings (SSSR count). The first-order valence-electron chi connectivity index (χ1n) is 9.40. The summed E-state index contributed by atoms with van der Waals surface area (Å²) in [6.45, 7) is 0.838. The zero-order valence-electron chi connectivity index (χ0n) is 14.4. The lowest BCUT2D eigenvalue weighted by atomic mass is 9.53. The minimum Gasteiger partial charge on any atom is -0.305 e. The Hall–Kier alpha value is -1.68. The number of hydrogen-bond donors (Lipinski definition) is 1. The van der Waals surface area contributed by atoms with Crippen molar-refractivity contribution >= 4 is 0 Å². The molecule has 0 amide bonds. The Morgan fingerprint density at radius 1 is 1.00 bits per heavy atom. The van der Waals surface area contributed by atoms with Gasteiger partial charge in [-0.2, -0.15) is 15.0 Å². The largest absolute Gasteiger partial charge is 0.305 e. The van der Waals surface area contributed by atoms with E-state index in [-0.39, 0.29) is 0 Å². The van der Waals surface area contributed by atoms with Gasteiger partial charge in [0.2, 0.25) is 0 Å². The smallest absolute Gasteiger partial charge is 0.117 e. The van der Waals surface area contributed by atoms with E-state index in [1.165, 1.54) is 38.5 Å². The number of nitrogens with one attached hydrogen (secondary N) is 1. The van der Waals surface area contributed by atoms with Crippen LogP contribution in [0.25, 0.3) is 11.3 Å². The Kier molecular flexibility index (Phi) is 3.30. The second kappa shape index (κ2) is 5.41. The summed E-state index contributed by atoms with van der Waals surface area (Å²) < 4.78 is 0. The van der Waals surface area contributed by atoms with Crippen molar-refractivity contribution in [3.05, 3.63) is 36.0 Å². The quantitative estimate of drug-likeness (QED) is 0.936. The van der Waals surface area contributed by atoms with E-state index < -0.39 is 0 Å². The molecule has 4 fully saturated rings. The first kappa shape index (κ1) is 14.6. The van der Waals surface area contributed by atoms with E-state index in [4.69, 9.17) is 0 Å². The van der Waals surface area contributed by atoms with Crippen molar-refractivity contribution in [3.8, 4) is 11.3 Å². The topological polar surface area (TPSA) is 42.7 Å². The lowest BCUT2D eigenvalue weighted by Gasteiger charge is -2.57. The van der Waals surface area contributed by atoms with Gasteiger partial charge in [-0.05, 0) is 56.3 Å². The van der Waals surface area contributed by atoms with Crippen LogP contribution in [-0.4, -0.2) is 20.5 Å². The van der Waals surface area contributed by atoms with Crippen LogP contribution >= 0.6 is 0 Å². The van der Waals surface area contributed by atoms with Crippen LogP contribution in [0.1, 0.15) is 44.2 Å². The zero-order valence-corrected chi connectivity index (χ0v) is 14.4. The number of benzene rings is 1. The summed E-state index contributed by atoms with van der Waals surface area (Å²) in [4.78, 5) is 1.71. The van der Waals surface area contributed by atoms with Crippen molar-refractivity contribution in [1.82, 2.24) is 20.3 Å². The maximum absolute atomic E-state index is 4.65. The molecule has 0 aliphatic heterocycles. The molecule has 4 heteroatoms. The fourth-order valence-corrected chi connectivity index (χ4v) is 5.98. The summed E-state index contributed by atoms with van der Waals surface area (Å²) in [7, 11) is 1.92. The van der Waals surface area contributed by atoms with Gasteiger partial charge in [-0.15, -0.1) is 0 Å². The predicted octanol–water partition coefficient (Wildman–Crippen LogP) is 3.54. The van der Waals surface area contributed by atoms with Crippen LogP contribution in [0.15, 0.2) is 30.3 Å². The van der Waals surface area contributed by atoms with E-state index in [9.17, 15) is 0 Å². The van der Waals surface area contributed by atoms with Crippen LogP contribution < -0.4 is 5.32 Å². The van der Waals surface area contributed by atoms with Crippen molar-refractivity contribution in [2.45, 2.75) is 50.6 Å². The molecule has 0 atom stereocenters. The molecule has 1 aromatic heterocycles. The molecule has 0 radical (unpaired) electrons. The van der Waals surface area contributed by atoms with Crippen molar-refractivity contribution in [2.75, 3.05) is 0 Å². The van der Waals surface area contributed by atoms with E-state index in [1.807, 2.05) is 13.1 Å². The molecule has 0 spiro atoms. The van der Waals surface area contributed by atoms with Crippen molar-refractivity contribution in [1.29, 1.82) is 0 Å². The van der Waals surface area contributed by atoms with Crippen LogP contribution in [-0.2, 0) is 13.6 Å². The maximum atomic E-state index is 4.65. The van der Waals surface area contributed by atoms with Gasteiger partial charge in [0.25, 0.3) is 0 Å². The van der Waals surface area contributed by atoms with Gasteiger partial charge in [-0.25, -0.2) is 0 Å². The van der Waals surface area contributed by atoms with E-state index in [2.05, 4.69) is 39.8 Å². The lowest BCUT2D eigenvalue weighted by Crippen LogP contribution is -2.58. The van der Waals surface area contributed by atoms with Crippen LogP contribution in [0.5, 0.6) is 0 Å². The summed E-state index contributed by atoms with van der Waals surface area (Å²) >= 11 is 0. The molecule has 126 valence electrons. The van der Waals surface area contributed by atoms with Crippen LogP contribution in [0.2, 0.25) is 0 Å². The average molecular weight is 322 g/mol. The van der Waals surface area contributed by atoms with E-state index in [0.717, 1.165) is 41.2 Å². The molecule has 4 saturated carbocycles. The molecule has 2 aromatic rings. The average Bonchev–Trinajstić information content (AvgIpc) is 2.94. The third-order valence-electron chi connectivity index (χ3n) is 6.50. The van der Waals surface area contributed by atoms with Crippen LogP contribution in [0, 0.1) is 17.8 Å². The third-order valence-corrected chi connectivity index (χ3v) is 6.50. The van der Waals surface area contributed by atoms with E-state index >= 15 is 0 Å². The van der Waals surface area contributed by atoms with Crippen molar-refractivity contribution < 1.29 is 0 Å². The highest BCUT2D eigenvalue weighted by Crippen LogP contribution is 2.55. The fourth-order valence-electron chi connectivity index (χ4n) is 5.98. The Labute approximate surface area is 143 Å². The second-order valence-electron chi connectivity index (χ2n) is 8.40. The monoisotopic (exact) mass is 322 g/mol. The van der Waals surface area contributed by atoms with Gasteiger partial charge in [0.1, 0.15) is 11.4 Å². The minimum atomic E-state index is 0.375. The van der Waals surface area contributed by atoms with E-state index in [1.54, 1.807) is 4.80 Å². The summed E-state index contributed by atoms with van der Waals surface area (Å²) in [6.07, 6.45) is 8.59. The Balaban J connectivity index is 1.38. The fraction of sp³-hybridized carbons (Fsp3) is 0.600. The Morgan fingerprint density at radius 3 is 2.25 bits per heavy atom. The van der Waals surface area contributed by atoms with Gasteiger partial charge in [0, 0.05) is 24.7 Å². The molecule has 1 heterocycles. The van der Waals surface area contributed by atoms with Crippen LogP contribution in [0.3, 0.4) is 0 Å². The summed E-state index contributed by atoms with van der Waals surface area (Å²) in [6, 6.07) is 10.4. The molecule has 4 aliphatic carbocycles. The molecule has 4 nitrogen and oxygen atoms in total. The number of aryl methyl sites for hydroxylation is 1. The van der Waals surface area contributed by atoms with Crippen molar-refractivity contribution in [2.24, 2.45) is 24.8 Å². The second-order valence-corrected chi connectivity index (χ2v) is 8.40. The van der Waals surface area contributed by atoms with Gasteiger partial charge in [-0.1, -0.05) is 30.3 Å². The highest BCUT2D eigenvalue weighted by atomic mass is 15.5. The molecule has 1 aromatic carbocycles. The van der Waals surface area contributed by atoms with Crippen LogP contribution in [0.4, 0.5) is 0 Å². The van der Waals surface area contributed by atoms with E-state index in [0.29, 0.717) is 5.54 Å². The SMILES string of the molecule is Cn1nc(CNC23CC4CC(CC(C4)C2)C3)c(-c2ccccc2)n1. The molecule has 4 aliphatic rings. The van der Waals surface area contributed by atoms with Gasteiger partial charge < -0.3 is 5.32 Å². The first-order valence-corrected chi connectivity index (χ1v) is 9.40. The number of nitrogens with zero attached hydrogens (tertiary/aromatic N) is 3. The number of hydrogen-bond acceptors (Lipinski definition) is 3. The van der Waals surface area contributed by atoms with Gasteiger partial charge in [-0.3, -0.25) is 0 Å². The molecule has 0 unspecified atom stereocenters. The zero-order chi connectivity index (χ0) is 16.1. The normalized spacial score (nSPS) is 34.0. The number of aromatic nitrogens is 3. The third kappa shape index (κ3) is 2.48. The molecule has 24 heavy (non-hydrogen) atoms. The molecule has 4 bridgehead atoms. The van der Waals surface area contributed by atoms with Crippen molar-refractivity contribution in [3.63, 3.8) is 0 Å². The van der Waals surface area contributed by atoms with Gasteiger partial charge in [0.05, 0.1) is 0 Å². The first-order chi connectivity index (χ1) is 11.7. The van der Waals surface area contributed by atoms with Gasteiger partial charge >= 0.3 is 0 Å². The molecular formula is C20H26N4. The highest BCUT2D eigenvalue weighted by molar-refractivity contribution is 5.60. The summed E-state index contributed by atoms with van der Waals surface area (Å²) in [5, 5.41) is 13.2. The molecule has 1 N–H and O–H groups in total. The number of rotatable bonds is 4. The predicted molar refractivity (Wildman–Crippen MR) is 94.2 cm³/mol. The minimum absolute atomic E-state index is 0.375. The maximum Gasteiger partial charge on any atom is 0.117 e.